The van der Waals surface area contributed by atoms with E-state index < -0.39 is 0 Å². The van der Waals surface area contributed by atoms with Crippen LogP contribution in [0.3, 0.4) is 0 Å². The fourth-order valence-corrected chi connectivity index (χ4v) is 0.619. The van der Waals surface area contributed by atoms with E-state index in [9.17, 15) is 4.91 Å². The molecule has 0 aromatic carbocycles. The van der Waals surface area contributed by atoms with Crippen LogP contribution < -0.4 is 0 Å². The van der Waals surface area contributed by atoms with E-state index >= 15 is 0 Å². The lowest BCUT2D eigenvalue weighted by molar-refractivity contribution is 0.469. The van der Waals surface area contributed by atoms with Crippen LogP contribution in [0.4, 0.5) is 5.69 Å². The Morgan fingerprint density at radius 1 is 1.70 bits per heavy atom. The number of rotatable bonds is 1. The second kappa shape index (κ2) is 2.43. The van der Waals surface area contributed by atoms with Crippen molar-refractivity contribution in [2.45, 2.75) is 6.92 Å². The lowest BCUT2D eigenvalue weighted by Gasteiger charge is -1.96. The molecule has 0 aliphatic rings. The topological polar surface area (TPSA) is 62.5 Å². The van der Waals surface area contributed by atoms with Crippen molar-refractivity contribution in [3.63, 3.8) is 0 Å². The van der Waals surface area contributed by atoms with Crippen molar-refractivity contribution in [3.05, 3.63) is 22.9 Å². The minimum absolute atomic E-state index is 0.0347. The molecule has 0 aliphatic carbocycles. The summed E-state index contributed by atoms with van der Waals surface area (Å²) in [7, 11) is 0. The number of aromatic nitrogens is 1. The van der Waals surface area contributed by atoms with Gasteiger partial charge in [-0.2, -0.15) is 0 Å². The zero-order valence-electron chi connectivity index (χ0n) is 5.40. The van der Waals surface area contributed by atoms with Gasteiger partial charge in [0.1, 0.15) is 0 Å². The van der Waals surface area contributed by atoms with Gasteiger partial charge in [0.05, 0.1) is 5.69 Å². The first-order valence-electron chi connectivity index (χ1n) is 2.73. The summed E-state index contributed by atoms with van der Waals surface area (Å²) in [5, 5.41) is 11.6. The maximum absolute atomic E-state index is 9.94. The van der Waals surface area contributed by atoms with Gasteiger partial charge in [-0.25, -0.2) is 0 Å². The Morgan fingerprint density at radius 3 is 2.90 bits per heavy atom. The summed E-state index contributed by atoms with van der Waals surface area (Å²) in [5.41, 5.74) is 0.449. The van der Waals surface area contributed by atoms with Gasteiger partial charge in [0, 0.05) is 6.20 Å². The summed E-state index contributed by atoms with van der Waals surface area (Å²) >= 11 is 0. The zero-order valence-corrected chi connectivity index (χ0v) is 5.40. The van der Waals surface area contributed by atoms with E-state index in [1.54, 1.807) is 6.92 Å². The maximum Gasteiger partial charge on any atom is 0.166 e. The standard InChI is InChI=1S/C6H6N2O2/c1-4-6(9)5(8-10)2-3-7-4/h2-3,9H,1H3. The SMILES string of the molecule is Cc1nccc(N=O)c1O. The Kier molecular flexibility index (Phi) is 1.62. The highest BCUT2D eigenvalue weighted by atomic mass is 16.3. The number of aryl methyl sites for hydroxylation is 1. The summed E-state index contributed by atoms with van der Waals surface area (Å²) in [6.45, 7) is 1.60. The summed E-state index contributed by atoms with van der Waals surface area (Å²) < 4.78 is 0. The third-order valence-electron chi connectivity index (χ3n) is 1.18. The Labute approximate surface area is 57.5 Å². The lowest BCUT2D eigenvalue weighted by atomic mass is 10.3. The minimum atomic E-state index is -0.141. The number of aromatic hydroxyl groups is 1. The molecule has 10 heavy (non-hydrogen) atoms. The molecule has 0 spiro atoms. The van der Waals surface area contributed by atoms with E-state index in [0.29, 0.717) is 5.69 Å². The molecule has 1 heterocycles. The molecule has 0 amide bonds. The first-order valence-corrected chi connectivity index (χ1v) is 2.73. The number of hydrogen-bond donors (Lipinski definition) is 1. The summed E-state index contributed by atoms with van der Waals surface area (Å²) in [6, 6.07) is 1.36. The second-order valence-corrected chi connectivity index (χ2v) is 1.86. The number of pyridine rings is 1. The van der Waals surface area contributed by atoms with Crippen LogP contribution in [0.1, 0.15) is 5.69 Å². The smallest absolute Gasteiger partial charge is 0.166 e. The van der Waals surface area contributed by atoms with E-state index in [-0.39, 0.29) is 11.4 Å². The number of nitrogens with zero attached hydrogens (tertiary/aromatic N) is 2. The predicted octanol–water partition coefficient (Wildman–Crippen LogP) is 1.49. The highest BCUT2D eigenvalue weighted by Crippen LogP contribution is 2.26. The fraction of sp³-hybridized carbons (Fsp3) is 0.167. The molecule has 4 heteroatoms. The van der Waals surface area contributed by atoms with E-state index in [4.69, 9.17) is 5.11 Å². The van der Waals surface area contributed by atoms with Crippen molar-refractivity contribution >= 4 is 5.69 Å². The van der Waals surface area contributed by atoms with Crippen molar-refractivity contribution in [2.75, 3.05) is 0 Å². The second-order valence-electron chi connectivity index (χ2n) is 1.86. The molecule has 0 aliphatic heterocycles. The first kappa shape index (κ1) is 6.67. The average Bonchev–Trinajstić information content (AvgIpc) is 1.95. The summed E-state index contributed by atoms with van der Waals surface area (Å²) in [6.07, 6.45) is 1.42. The van der Waals surface area contributed by atoms with Gasteiger partial charge < -0.3 is 5.11 Å². The van der Waals surface area contributed by atoms with Gasteiger partial charge in [-0.05, 0) is 18.2 Å². The van der Waals surface area contributed by atoms with Crippen molar-refractivity contribution in [3.8, 4) is 5.75 Å². The molecular weight excluding hydrogens is 132 g/mol. The highest BCUT2D eigenvalue weighted by molar-refractivity contribution is 5.51. The van der Waals surface area contributed by atoms with E-state index in [1.807, 2.05) is 0 Å². The fourth-order valence-electron chi connectivity index (χ4n) is 0.619. The van der Waals surface area contributed by atoms with Gasteiger partial charge in [-0.3, -0.25) is 4.98 Å². The Hall–Kier alpha value is -1.45. The van der Waals surface area contributed by atoms with E-state index in [0.717, 1.165) is 0 Å². The van der Waals surface area contributed by atoms with Crippen LogP contribution in [-0.4, -0.2) is 10.1 Å². The molecule has 1 aromatic rings. The van der Waals surface area contributed by atoms with Gasteiger partial charge in [0.2, 0.25) is 0 Å². The third kappa shape index (κ3) is 0.953. The van der Waals surface area contributed by atoms with Gasteiger partial charge in [-0.1, -0.05) is 0 Å². The molecule has 0 saturated carbocycles. The molecule has 0 bridgehead atoms. The largest absolute Gasteiger partial charge is 0.504 e. The van der Waals surface area contributed by atoms with Gasteiger partial charge in [0.25, 0.3) is 0 Å². The quantitative estimate of drug-likeness (QED) is 0.598. The van der Waals surface area contributed by atoms with Crippen LogP contribution in [0.25, 0.3) is 0 Å². The Morgan fingerprint density at radius 2 is 2.40 bits per heavy atom. The molecular formula is C6H6N2O2. The van der Waals surface area contributed by atoms with Crippen molar-refractivity contribution in [1.29, 1.82) is 0 Å². The normalized spacial score (nSPS) is 9.30. The molecule has 0 radical (unpaired) electrons. The first-order chi connectivity index (χ1) is 4.75. The molecule has 0 saturated heterocycles. The van der Waals surface area contributed by atoms with Gasteiger partial charge in [-0.15, -0.1) is 4.91 Å². The predicted molar refractivity (Wildman–Crippen MR) is 36.1 cm³/mol. The Bertz CT molecular complexity index is 260. The number of nitroso groups, excluding NO2 is 1. The average molecular weight is 138 g/mol. The minimum Gasteiger partial charge on any atom is -0.504 e. The number of hydrogen-bond acceptors (Lipinski definition) is 4. The zero-order chi connectivity index (χ0) is 7.56. The molecule has 0 atom stereocenters. The molecule has 0 unspecified atom stereocenters. The molecule has 52 valence electrons. The molecule has 1 rings (SSSR count). The van der Waals surface area contributed by atoms with Gasteiger partial charge >= 0.3 is 0 Å². The highest BCUT2D eigenvalue weighted by Gasteiger charge is 2.02. The molecule has 1 N–H and O–H groups in total. The molecule has 1 aromatic heterocycles. The van der Waals surface area contributed by atoms with E-state index in [2.05, 4.69) is 10.2 Å². The van der Waals surface area contributed by atoms with Crippen LogP contribution >= 0.6 is 0 Å². The van der Waals surface area contributed by atoms with Gasteiger partial charge in [0.15, 0.2) is 11.4 Å². The Balaban J connectivity index is 3.27. The van der Waals surface area contributed by atoms with Crippen LogP contribution in [0, 0.1) is 11.8 Å². The van der Waals surface area contributed by atoms with Crippen molar-refractivity contribution < 1.29 is 5.11 Å². The summed E-state index contributed by atoms with van der Waals surface area (Å²) in [4.78, 5) is 13.7. The van der Waals surface area contributed by atoms with Crippen LogP contribution in [-0.2, 0) is 0 Å². The van der Waals surface area contributed by atoms with E-state index in [1.165, 1.54) is 12.3 Å². The monoisotopic (exact) mass is 138 g/mol. The molecule has 0 fully saturated rings. The lowest BCUT2D eigenvalue weighted by Crippen LogP contribution is -1.79. The van der Waals surface area contributed by atoms with Crippen molar-refractivity contribution in [2.24, 2.45) is 5.18 Å². The maximum atomic E-state index is 9.94. The van der Waals surface area contributed by atoms with Crippen molar-refractivity contribution in [1.82, 2.24) is 4.98 Å². The third-order valence-corrected chi connectivity index (χ3v) is 1.18. The van der Waals surface area contributed by atoms with Crippen LogP contribution in [0.2, 0.25) is 0 Å². The molecule has 4 nitrogen and oxygen atoms in total. The summed E-state index contributed by atoms with van der Waals surface area (Å²) in [5.74, 6) is -0.141. The van der Waals surface area contributed by atoms with Crippen LogP contribution in [0.15, 0.2) is 17.4 Å². The van der Waals surface area contributed by atoms with Crippen LogP contribution in [0.5, 0.6) is 5.75 Å².